The predicted octanol–water partition coefficient (Wildman–Crippen LogP) is 5.30. The zero-order chi connectivity index (χ0) is 24.3. The third-order valence-corrected chi connectivity index (χ3v) is 6.08. The normalized spacial score (nSPS) is 11.5. The minimum absolute atomic E-state index is 0.0722. The Labute approximate surface area is 210 Å². The van der Waals surface area contributed by atoms with Crippen LogP contribution in [0.2, 0.25) is 0 Å². The third kappa shape index (κ3) is 7.73. The molecule has 0 aliphatic carbocycles. The van der Waals surface area contributed by atoms with E-state index in [1.165, 1.54) is 5.56 Å². The van der Waals surface area contributed by atoms with E-state index in [0.717, 1.165) is 21.3 Å². The van der Waals surface area contributed by atoms with Gasteiger partial charge in [-0.2, -0.15) is 0 Å². The van der Waals surface area contributed by atoms with Crippen LogP contribution in [0.5, 0.6) is 5.75 Å². The van der Waals surface area contributed by atoms with Crippen molar-refractivity contribution in [2.75, 3.05) is 13.7 Å². The van der Waals surface area contributed by atoms with Gasteiger partial charge in [-0.05, 0) is 48.7 Å². The van der Waals surface area contributed by atoms with Crippen molar-refractivity contribution in [2.45, 2.75) is 38.8 Å². The number of aryl methyl sites for hydroxylation is 1. The molecule has 0 spiro atoms. The monoisotopic (exact) mass is 522 g/mol. The molecule has 0 saturated heterocycles. The van der Waals surface area contributed by atoms with E-state index in [-0.39, 0.29) is 11.8 Å². The molecule has 0 bridgehead atoms. The van der Waals surface area contributed by atoms with Crippen LogP contribution in [0.4, 0.5) is 0 Å². The zero-order valence-corrected chi connectivity index (χ0v) is 21.3. The van der Waals surface area contributed by atoms with Gasteiger partial charge in [0.05, 0.1) is 6.61 Å². The van der Waals surface area contributed by atoms with Crippen molar-refractivity contribution in [1.29, 1.82) is 0 Å². The number of hydrogen-bond donors (Lipinski definition) is 1. The zero-order valence-electron chi connectivity index (χ0n) is 19.7. The van der Waals surface area contributed by atoms with Crippen LogP contribution in [0.25, 0.3) is 0 Å². The minimum atomic E-state index is -0.614. The van der Waals surface area contributed by atoms with E-state index in [2.05, 4.69) is 21.2 Å². The summed E-state index contributed by atoms with van der Waals surface area (Å²) in [6.07, 6.45) is 1.30. The van der Waals surface area contributed by atoms with E-state index in [0.29, 0.717) is 32.4 Å². The number of ether oxygens (including phenoxy) is 1. The molecule has 5 nitrogen and oxygen atoms in total. The van der Waals surface area contributed by atoms with Crippen molar-refractivity contribution in [3.05, 3.63) is 100 Å². The summed E-state index contributed by atoms with van der Waals surface area (Å²) in [5, 5.41) is 2.74. The molecule has 0 aliphatic rings. The smallest absolute Gasteiger partial charge is 0.242 e. The minimum Gasteiger partial charge on any atom is -0.494 e. The number of nitrogens with zero attached hydrogens (tertiary/aromatic N) is 1. The summed E-state index contributed by atoms with van der Waals surface area (Å²) >= 11 is 3.50. The van der Waals surface area contributed by atoms with Gasteiger partial charge in [-0.15, -0.1) is 0 Å². The second-order valence-corrected chi connectivity index (χ2v) is 9.15. The van der Waals surface area contributed by atoms with E-state index < -0.39 is 6.04 Å². The van der Waals surface area contributed by atoms with Crippen molar-refractivity contribution >= 4 is 27.7 Å². The fourth-order valence-corrected chi connectivity index (χ4v) is 4.19. The Kier molecular flexibility index (Phi) is 9.71. The molecule has 3 aromatic carbocycles. The molecule has 0 saturated carbocycles. The SMILES string of the molecule is CNC(=O)[C@@H](Cc1ccccc1)N(Cc1cccc(Br)c1)C(=O)CCCOc1ccc(C)cc1. The molecule has 34 heavy (non-hydrogen) atoms. The fraction of sp³-hybridized carbons (Fsp3) is 0.286. The first-order valence-electron chi connectivity index (χ1n) is 11.4. The van der Waals surface area contributed by atoms with E-state index in [9.17, 15) is 9.59 Å². The van der Waals surface area contributed by atoms with Gasteiger partial charge in [0.25, 0.3) is 0 Å². The van der Waals surface area contributed by atoms with Crippen molar-refractivity contribution in [3.63, 3.8) is 0 Å². The van der Waals surface area contributed by atoms with Crippen molar-refractivity contribution in [2.24, 2.45) is 0 Å². The van der Waals surface area contributed by atoms with Gasteiger partial charge in [0.2, 0.25) is 11.8 Å². The maximum absolute atomic E-state index is 13.4. The number of rotatable bonds is 11. The molecule has 0 heterocycles. The first kappa shape index (κ1) is 25.5. The highest BCUT2D eigenvalue weighted by atomic mass is 79.9. The van der Waals surface area contributed by atoms with Gasteiger partial charge in [0.1, 0.15) is 11.8 Å². The highest BCUT2D eigenvalue weighted by molar-refractivity contribution is 9.10. The second-order valence-electron chi connectivity index (χ2n) is 8.24. The quantitative estimate of drug-likeness (QED) is 0.347. The maximum atomic E-state index is 13.4. The number of nitrogens with one attached hydrogen (secondary N) is 1. The Morgan fingerprint density at radius 3 is 2.35 bits per heavy atom. The standard InChI is InChI=1S/C28H31BrN2O3/c1-21-13-15-25(16-14-21)34-17-7-12-27(32)31(20-23-10-6-11-24(29)18-23)26(28(33)30-2)19-22-8-4-3-5-9-22/h3-6,8-11,13-16,18,26H,7,12,17,19-20H2,1-2H3,(H,30,33)/t26-/m1/s1. The average Bonchev–Trinajstić information content (AvgIpc) is 2.85. The average molecular weight is 523 g/mol. The lowest BCUT2D eigenvalue weighted by molar-refractivity contribution is -0.141. The van der Waals surface area contributed by atoms with Gasteiger partial charge in [0.15, 0.2) is 0 Å². The maximum Gasteiger partial charge on any atom is 0.242 e. The molecule has 3 rings (SSSR count). The number of amides is 2. The third-order valence-electron chi connectivity index (χ3n) is 5.58. The number of carbonyl (C=O) groups is 2. The van der Waals surface area contributed by atoms with E-state index in [4.69, 9.17) is 4.74 Å². The predicted molar refractivity (Wildman–Crippen MR) is 139 cm³/mol. The molecule has 0 aromatic heterocycles. The Balaban J connectivity index is 1.74. The van der Waals surface area contributed by atoms with Crippen LogP contribution in [-0.4, -0.2) is 36.4 Å². The molecular formula is C28H31BrN2O3. The Morgan fingerprint density at radius 2 is 1.68 bits per heavy atom. The second kappa shape index (κ2) is 12.9. The summed E-state index contributed by atoms with van der Waals surface area (Å²) in [6.45, 7) is 2.81. The fourth-order valence-electron chi connectivity index (χ4n) is 3.74. The Hall–Kier alpha value is -3.12. The molecule has 1 atom stereocenters. The van der Waals surface area contributed by atoms with E-state index >= 15 is 0 Å². The number of carbonyl (C=O) groups excluding carboxylic acids is 2. The largest absolute Gasteiger partial charge is 0.494 e. The Bertz CT molecular complexity index is 1070. The highest BCUT2D eigenvalue weighted by Crippen LogP contribution is 2.19. The molecule has 0 unspecified atom stereocenters. The Morgan fingerprint density at radius 1 is 0.971 bits per heavy atom. The van der Waals surface area contributed by atoms with Crippen LogP contribution >= 0.6 is 15.9 Å². The lowest BCUT2D eigenvalue weighted by Crippen LogP contribution is -2.49. The van der Waals surface area contributed by atoms with Crippen molar-refractivity contribution < 1.29 is 14.3 Å². The summed E-state index contributed by atoms with van der Waals surface area (Å²) < 4.78 is 6.73. The summed E-state index contributed by atoms with van der Waals surface area (Å²) in [5.41, 5.74) is 3.14. The van der Waals surface area contributed by atoms with Crippen LogP contribution in [0.15, 0.2) is 83.3 Å². The molecule has 3 aromatic rings. The molecular weight excluding hydrogens is 492 g/mol. The summed E-state index contributed by atoms with van der Waals surface area (Å²) in [4.78, 5) is 28.0. The van der Waals surface area contributed by atoms with Gasteiger partial charge < -0.3 is 15.0 Å². The van der Waals surface area contributed by atoms with Crippen molar-refractivity contribution in [3.8, 4) is 5.75 Å². The highest BCUT2D eigenvalue weighted by Gasteiger charge is 2.29. The molecule has 0 aliphatic heterocycles. The molecule has 178 valence electrons. The molecule has 1 N–H and O–H groups in total. The topological polar surface area (TPSA) is 58.6 Å². The number of likely N-dealkylation sites (N-methyl/N-ethyl adjacent to an activating group) is 1. The van der Waals surface area contributed by atoms with Crippen LogP contribution in [-0.2, 0) is 22.6 Å². The van der Waals surface area contributed by atoms with Gasteiger partial charge in [-0.1, -0.05) is 76.1 Å². The number of halogens is 1. The first-order chi connectivity index (χ1) is 16.5. The van der Waals surface area contributed by atoms with E-state index in [1.54, 1.807) is 11.9 Å². The summed E-state index contributed by atoms with van der Waals surface area (Å²) in [5.74, 6) is 0.538. The number of benzene rings is 3. The van der Waals surface area contributed by atoms with Crippen molar-refractivity contribution in [1.82, 2.24) is 10.2 Å². The lowest BCUT2D eigenvalue weighted by atomic mass is 10.0. The van der Waals surface area contributed by atoms with Gasteiger partial charge in [-0.25, -0.2) is 0 Å². The molecule has 0 radical (unpaired) electrons. The summed E-state index contributed by atoms with van der Waals surface area (Å²) in [6, 6.07) is 24.8. The van der Waals surface area contributed by atoms with Gasteiger partial charge in [0, 0.05) is 30.9 Å². The van der Waals surface area contributed by atoms with E-state index in [1.807, 2.05) is 85.8 Å². The van der Waals surface area contributed by atoms with Gasteiger partial charge >= 0.3 is 0 Å². The lowest BCUT2D eigenvalue weighted by Gasteiger charge is -2.31. The molecule has 0 fully saturated rings. The van der Waals surface area contributed by atoms with Crippen LogP contribution < -0.4 is 10.1 Å². The number of hydrogen-bond acceptors (Lipinski definition) is 3. The first-order valence-corrected chi connectivity index (χ1v) is 12.2. The molecule has 2 amide bonds. The molecule has 6 heteroatoms. The van der Waals surface area contributed by atoms with Crippen LogP contribution in [0.1, 0.15) is 29.5 Å². The summed E-state index contributed by atoms with van der Waals surface area (Å²) in [7, 11) is 1.61. The van der Waals surface area contributed by atoms with Crippen LogP contribution in [0.3, 0.4) is 0 Å². The van der Waals surface area contributed by atoms with Crippen LogP contribution in [0, 0.1) is 6.92 Å². The van der Waals surface area contributed by atoms with Gasteiger partial charge in [-0.3, -0.25) is 9.59 Å².